The Bertz CT molecular complexity index is 346. The van der Waals surface area contributed by atoms with Crippen molar-refractivity contribution < 1.29 is 24.8 Å². The molecule has 24 heavy (non-hydrogen) atoms. The van der Waals surface area contributed by atoms with Gasteiger partial charge in [0.2, 0.25) is 0 Å². The highest BCUT2D eigenvalue weighted by Crippen LogP contribution is 2.26. The van der Waals surface area contributed by atoms with E-state index in [9.17, 15) is 15.3 Å². The highest BCUT2D eigenvalue weighted by atomic mass is 16.7. The van der Waals surface area contributed by atoms with Crippen molar-refractivity contribution in [2.75, 3.05) is 19.7 Å². The van der Waals surface area contributed by atoms with Gasteiger partial charge in [0.25, 0.3) is 0 Å². The van der Waals surface area contributed by atoms with Crippen molar-refractivity contribution >= 4 is 0 Å². The molecule has 0 aromatic carbocycles. The Balaban J connectivity index is 2.50. The Hall–Kier alpha value is -0.240. The van der Waals surface area contributed by atoms with Gasteiger partial charge >= 0.3 is 0 Å². The maximum absolute atomic E-state index is 10.4. The van der Waals surface area contributed by atoms with Crippen LogP contribution in [0.15, 0.2) is 0 Å². The number of ether oxygens (including phenoxy) is 2. The fourth-order valence-corrected chi connectivity index (χ4v) is 3.48. The Kier molecular flexibility index (Phi) is 9.12. The predicted molar refractivity (Wildman–Crippen MR) is 93.8 cm³/mol. The summed E-state index contributed by atoms with van der Waals surface area (Å²) in [5.74, 6) is 0. The molecule has 1 saturated heterocycles. The summed E-state index contributed by atoms with van der Waals surface area (Å²) in [6.07, 6.45) is 0.316. The molecule has 1 heterocycles. The van der Waals surface area contributed by atoms with Gasteiger partial charge in [-0.1, -0.05) is 27.2 Å². The van der Waals surface area contributed by atoms with Crippen molar-refractivity contribution in [3.63, 3.8) is 0 Å². The first-order chi connectivity index (χ1) is 11.3. The van der Waals surface area contributed by atoms with Crippen LogP contribution in [0.1, 0.15) is 60.3 Å². The van der Waals surface area contributed by atoms with Gasteiger partial charge in [0.05, 0.1) is 30.5 Å². The fraction of sp³-hybridized carbons (Fsp3) is 1.00. The van der Waals surface area contributed by atoms with Gasteiger partial charge in [-0.25, -0.2) is 0 Å². The minimum absolute atomic E-state index is 0.0156. The second-order valence-electron chi connectivity index (χ2n) is 7.07. The topological polar surface area (TPSA) is 82.4 Å². The van der Waals surface area contributed by atoms with Crippen molar-refractivity contribution in [1.29, 1.82) is 0 Å². The van der Waals surface area contributed by atoms with Crippen LogP contribution in [0, 0.1) is 0 Å². The molecule has 0 amide bonds. The molecule has 1 rings (SSSR count). The summed E-state index contributed by atoms with van der Waals surface area (Å²) in [6.45, 7) is 11.7. The van der Waals surface area contributed by atoms with Gasteiger partial charge in [-0.15, -0.1) is 0 Å². The van der Waals surface area contributed by atoms with E-state index >= 15 is 0 Å². The van der Waals surface area contributed by atoms with Gasteiger partial charge in [0.1, 0.15) is 0 Å². The van der Waals surface area contributed by atoms with Crippen LogP contribution in [-0.2, 0) is 9.47 Å². The number of nitrogens with zero attached hydrogens (tertiary/aromatic N) is 1. The Labute approximate surface area is 146 Å². The molecule has 6 heteroatoms. The van der Waals surface area contributed by atoms with Gasteiger partial charge < -0.3 is 24.8 Å². The molecule has 3 unspecified atom stereocenters. The van der Waals surface area contributed by atoms with Crippen LogP contribution in [-0.4, -0.2) is 76.2 Å². The molecule has 6 nitrogen and oxygen atoms in total. The Morgan fingerprint density at radius 2 is 1.92 bits per heavy atom. The lowest BCUT2D eigenvalue weighted by atomic mass is 9.92. The Morgan fingerprint density at radius 3 is 2.46 bits per heavy atom. The molecule has 1 aliphatic heterocycles. The third-order valence-electron chi connectivity index (χ3n) is 5.13. The minimum atomic E-state index is -1.08. The highest BCUT2D eigenvalue weighted by molar-refractivity contribution is 4.87. The average Bonchev–Trinajstić information content (AvgIpc) is 2.52. The highest BCUT2D eigenvalue weighted by Gasteiger charge is 2.38. The lowest BCUT2D eigenvalue weighted by molar-refractivity contribution is -0.239. The van der Waals surface area contributed by atoms with Crippen LogP contribution in [0.3, 0.4) is 0 Å². The maximum Gasteiger partial charge on any atom is 0.159 e. The number of hydrogen-bond donors (Lipinski definition) is 3. The summed E-state index contributed by atoms with van der Waals surface area (Å²) < 4.78 is 11.5. The molecule has 0 aliphatic carbocycles. The van der Waals surface area contributed by atoms with Crippen LogP contribution in [0.2, 0.25) is 0 Å². The third kappa shape index (κ3) is 5.93. The average molecular weight is 347 g/mol. The summed E-state index contributed by atoms with van der Waals surface area (Å²) in [4.78, 5) is 2.22. The summed E-state index contributed by atoms with van der Waals surface area (Å²) >= 11 is 0. The number of aliphatic hydroxyl groups is 3. The SMILES string of the molecule is CCCC(C)(O)[C@H](O)CCO[C@H]1CC(N(CC)CC)[C@H](O)C(C)O1. The molecule has 1 aliphatic rings. The van der Waals surface area contributed by atoms with Gasteiger partial charge in [0, 0.05) is 12.5 Å². The lowest BCUT2D eigenvalue weighted by Gasteiger charge is -2.42. The van der Waals surface area contributed by atoms with E-state index in [1.807, 2.05) is 13.8 Å². The molecule has 0 spiro atoms. The van der Waals surface area contributed by atoms with Gasteiger partial charge in [0.15, 0.2) is 6.29 Å². The van der Waals surface area contributed by atoms with Crippen molar-refractivity contribution in [3.8, 4) is 0 Å². The first-order valence-electron chi connectivity index (χ1n) is 9.36. The summed E-state index contributed by atoms with van der Waals surface area (Å²) in [5.41, 5.74) is -1.08. The number of rotatable bonds is 10. The van der Waals surface area contributed by atoms with E-state index in [-0.39, 0.29) is 12.1 Å². The smallest absolute Gasteiger partial charge is 0.159 e. The number of aliphatic hydroxyl groups excluding tert-OH is 2. The number of hydrogen-bond acceptors (Lipinski definition) is 6. The summed E-state index contributed by atoms with van der Waals surface area (Å²) in [6, 6.07) is 0.0156. The van der Waals surface area contributed by atoms with Gasteiger partial charge in [-0.05, 0) is 39.8 Å². The predicted octanol–water partition coefficient (Wildman–Crippen LogP) is 1.51. The van der Waals surface area contributed by atoms with Crippen molar-refractivity contribution in [1.82, 2.24) is 4.90 Å². The van der Waals surface area contributed by atoms with Crippen molar-refractivity contribution in [3.05, 3.63) is 0 Å². The monoisotopic (exact) mass is 347 g/mol. The van der Waals surface area contributed by atoms with E-state index in [1.54, 1.807) is 6.92 Å². The largest absolute Gasteiger partial charge is 0.390 e. The van der Waals surface area contributed by atoms with Crippen LogP contribution < -0.4 is 0 Å². The minimum Gasteiger partial charge on any atom is -0.390 e. The zero-order valence-electron chi connectivity index (χ0n) is 15.9. The molecule has 0 aromatic rings. The second kappa shape index (κ2) is 10.0. The quantitative estimate of drug-likeness (QED) is 0.556. The van der Waals surface area contributed by atoms with E-state index in [0.29, 0.717) is 25.9 Å². The third-order valence-corrected chi connectivity index (χ3v) is 5.13. The molecule has 0 aromatic heterocycles. The van der Waals surface area contributed by atoms with E-state index < -0.39 is 24.1 Å². The van der Waals surface area contributed by atoms with Crippen LogP contribution in [0.5, 0.6) is 0 Å². The molecule has 1 fully saturated rings. The molecule has 144 valence electrons. The van der Waals surface area contributed by atoms with Crippen LogP contribution in [0.4, 0.5) is 0 Å². The second-order valence-corrected chi connectivity index (χ2v) is 7.07. The molecular formula is C18H37NO5. The zero-order chi connectivity index (χ0) is 18.3. The molecule has 3 N–H and O–H groups in total. The first kappa shape index (κ1) is 21.8. The van der Waals surface area contributed by atoms with E-state index in [2.05, 4.69) is 18.7 Å². The van der Waals surface area contributed by atoms with E-state index in [4.69, 9.17) is 9.47 Å². The van der Waals surface area contributed by atoms with E-state index in [0.717, 1.165) is 19.5 Å². The zero-order valence-corrected chi connectivity index (χ0v) is 15.9. The van der Waals surface area contributed by atoms with Crippen molar-refractivity contribution in [2.24, 2.45) is 0 Å². The fourth-order valence-electron chi connectivity index (χ4n) is 3.48. The molecular weight excluding hydrogens is 310 g/mol. The van der Waals surface area contributed by atoms with Crippen LogP contribution >= 0.6 is 0 Å². The molecule has 0 saturated carbocycles. The van der Waals surface area contributed by atoms with Crippen molar-refractivity contribution in [2.45, 2.75) is 96.5 Å². The lowest BCUT2D eigenvalue weighted by Crippen LogP contribution is -2.55. The van der Waals surface area contributed by atoms with E-state index in [1.165, 1.54) is 0 Å². The van der Waals surface area contributed by atoms with Gasteiger partial charge in [-0.2, -0.15) is 0 Å². The van der Waals surface area contributed by atoms with Crippen LogP contribution in [0.25, 0.3) is 0 Å². The summed E-state index contributed by atoms with van der Waals surface area (Å²) in [7, 11) is 0. The van der Waals surface area contributed by atoms with Gasteiger partial charge in [-0.3, -0.25) is 4.90 Å². The standard InChI is InChI=1S/C18H37NO5/c1-6-10-18(5,22)15(20)9-11-23-16-12-14(19(7-2)8-3)17(21)13(4)24-16/h13-17,20-22H,6-12H2,1-5H3/t13?,14?,15-,16-,17-,18?/m1/s1. The molecule has 0 bridgehead atoms. The Morgan fingerprint density at radius 1 is 1.29 bits per heavy atom. The number of likely N-dealkylation sites (N-methyl/N-ethyl adjacent to an activating group) is 1. The molecule has 0 radical (unpaired) electrons. The normalized spacial score (nSPS) is 31.9. The first-order valence-corrected chi connectivity index (χ1v) is 9.36. The maximum atomic E-state index is 10.4. The molecule has 6 atom stereocenters. The summed E-state index contributed by atoms with van der Waals surface area (Å²) in [5, 5.41) is 30.7.